The Kier molecular flexibility index (Phi) is 4.74. The van der Waals surface area contributed by atoms with Gasteiger partial charge in [0.2, 0.25) is 0 Å². The summed E-state index contributed by atoms with van der Waals surface area (Å²) in [5.41, 5.74) is 2.61. The number of hydrogen-bond acceptors (Lipinski definition) is 1. The number of benzene rings is 1. The van der Waals surface area contributed by atoms with Crippen LogP contribution < -0.4 is 5.46 Å². The van der Waals surface area contributed by atoms with Crippen LogP contribution in [0, 0.1) is 0 Å². The van der Waals surface area contributed by atoms with Crippen molar-refractivity contribution in [1.82, 2.24) is 0 Å². The Hall–Kier alpha value is -0.755. The Balaban J connectivity index is 2.57. The molecule has 76 valence electrons. The summed E-state index contributed by atoms with van der Waals surface area (Å²) in [5, 5.41) is 9.67. The second-order valence-electron chi connectivity index (χ2n) is 3.82. The highest BCUT2D eigenvalue weighted by atomic mass is 16.3. The lowest BCUT2D eigenvalue weighted by atomic mass is 9.73. The van der Waals surface area contributed by atoms with Crippen LogP contribution in [-0.4, -0.2) is 18.5 Å². The first kappa shape index (κ1) is 11.3. The molecule has 0 bridgehead atoms. The molecule has 1 aromatic rings. The average molecular weight is 190 g/mol. The van der Waals surface area contributed by atoms with E-state index < -0.39 is 0 Å². The quantitative estimate of drug-likeness (QED) is 0.697. The minimum atomic E-state index is -0.174. The molecule has 0 spiro atoms. The topological polar surface area (TPSA) is 20.2 Å². The maximum Gasteiger partial charge on any atom is 0.154 e. The lowest BCUT2D eigenvalue weighted by Crippen LogP contribution is -2.14. The van der Waals surface area contributed by atoms with Crippen LogP contribution in [0.25, 0.3) is 0 Å². The van der Waals surface area contributed by atoms with Crippen molar-refractivity contribution in [2.24, 2.45) is 0 Å². The van der Waals surface area contributed by atoms with Gasteiger partial charge in [-0.05, 0) is 18.4 Å². The summed E-state index contributed by atoms with van der Waals surface area (Å²) < 4.78 is 0. The van der Waals surface area contributed by atoms with E-state index in [1.54, 1.807) is 0 Å². The molecule has 1 aromatic carbocycles. The van der Waals surface area contributed by atoms with Crippen LogP contribution >= 0.6 is 0 Å². The lowest BCUT2D eigenvalue weighted by Gasteiger charge is -2.09. The summed E-state index contributed by atoms with van der Waals surface area (Å²) in [5.74, 6) is 0. The van der Waals surface area contributed by atoms with E-state index in [0.717, 1.165) is 26.5 Å². The summed E-state index contributed by atoms with van der Waals surface area (Å²) in [6.07, 6.45) is 2.57. The Morgan fingerprint density at radius 3 is 2.86 bits per heavy atom. The smallest absolute Gasteiger partial charge is 0.154 e. The minimum absolute atomic E-state index is 0.174. The van der Waals surface area contributed by atoms with Crippen LogP contribution in [0.4, 0.5) is 0 Å². The van der Waals surface area contributed by atoms with Crippen molar-refractivity contribution in [1.29, 1.82) is 0 Å². The van der Waals surface area contributed by atoms with E-state index in [2.05, 4.69) is 38.0 Å². The average Bonchev–Trinajstić information content (AvgIpc) is 2.18. The third-order valence-electron chi connectivity index (χ3n) is 2.49. The van der Waals surface area contributed by atoms with Crippen molar-refractivity contribution < 1.29 is 5.11 Å². The van der Waals surface area contributed by atoms with Gasteiger partial charge in [0.1, 0.15) is 0 Å². The molecule has 0 fully saturated rings. The van der Waals surface area contributed by atoms with Gasteiger partial charge in [-0.25, -0.2) is 0 Å². The van der Waals surface area contributed by atoms with E-state index in [9.17, 15) is 5.11 Å². The van der Waals surface area contributed by atoms with E-state index in [0.29, 0.717) is 0 Å². The zero-order valence-corrected chi connectivity index (χ0v) is 9.16. The molecule has 0 aliphatic heterocycles. The Morgan fingerprint density at radius 1 is 1.43 bits per heavy atom. The van der Waals surface area contributed by atoms with Crippen LogP contribution in [0.2, 0.25) is 6.82 Å². The van der Waals surface area contributed by atoms with E-state index in [1.807, 2.05) is 0 Å². The van der Waals surface area contributed by atoms with Gasteiger partial charge in [0.15, 0.2) is 7.28 Å². The number of aliphatic hydroxyl groups excluding tert-OH is 1. The summed E-state index contributed by atoms with van der Waals surface area (Å²) in [6, 6.07) is 8.50. The van der Waals surface area contributed by atoms with E-state index in [4.69, 9.17) is 0 Å². The van der Waals surface area contributed by atoms with E-state index >= 15 is 0 Å². The fourth-order valence-corrected chi connectivity index (χ4v) is 1.68. The molecule has 1 atom stereocenters. The second-order valence-corrected chi connectivity index (χ2v) is 3.82. The van der Waals surface area contributed by atoms with Gasteiger partial charge in [-0.15, -0.1) is 0 Å². The molecule has 2 heteroatoms. The van der Waals surface area contributed by atoms with Crippen molar-refractivity contribution in [2.75, 3.05) is 0 Å². The molecule has 0 amide bonds. The predicted molar refractivity (Wildman–Crippen MR) is 63.7 cm³/mol. The van der Waals surface area contributed by atoms with Gasteiger partial charge in [-0.2, -0.15) is 0 Å². The zero-order valence-electron chi connectivity index (χ0n) is 9.16. The molecule has 0 unspecified atom stereocenters. The first-order valence-corrected chi connectivity index (χ1v) is 5.52. The lowest BCUT2D eigenvalue weighted by molar-refractivity contribution is 0.164. The van der Waals surface area contributed by atoms with Crippen LogP contribution in [0.1, 0.15) is 25.3 Å². The van der Waals surface area contributed by atoms with Crippen molar-refractivity contribution in [3.8, 4) is 0 Å². The van der Waals surface area contributed by atoms with Crippen LogP contribution in [-0.2, 0) is 6.42 Å². The molecule has 0 aliphatic rings. The molecular formula is C12H19BO. The molecule has 14 heavy (non-hydrogen) atoms. The predicted octanol–water partition coefficient (Wildman–Crippen LogP) is 1.50. The molecule has 0 saturated heterocycles. The fourth-order valence-electron chi connectivity index (χ4n) is 1.68. The van der Waals surface area contributed by atoms with Crippen molar-refractivity contribution >= 4 is 12.7 Å². The first-order chi connectivity index (χ1) is 6.76. The summed E-state index contributed by atoms with van der Waals surface area (Å²) in [6.45, 7) is 4.26. The van der Waals surface area contributed by atoms with Gasteiger partial charge >= 0.3 is 0 Å². The third kappa shape index (κ3) is 3.55. The van der Waals surface area contributed by atoms with Gasteiger partial charge in [0, 0.05) is 0 Å². The highest BCUT2D eigenvalue weighted by Gasteiger charge is 2.04. The van der Waals surface area contributed by atoms with Crippen molar-refractivity contribution in [3.05, 3.63) is 29.8 Å². The highest BCUT2D eigenvalue weighted by Crippen LogP contribution is 2.06. The fraction of sp³-hybridized carbons (Fsp3) is 0.500. The van der Waals surface area contributed by atoms with Crippen molar-refractivity contribution in [3.63, 3.8) is 0 Å². The Labute approximate surface area is 87.4 Å². The molecule has 0 saturated carbocycles. The maximum absolute atomic E-state index is 9.67. The largest absolute Gasteiger partial charge is 0.393 e. The normalized spacial score (nSPS) is 12.5. The zero-order chi connectivity index (χ0) is 10.4. The van der Waals surface area contributed by atoms with Gasteiger partial charge in [0.25, 0.3) is 0 Å². The molecule has 0 radical (unpaired) electrons. The van der Waals surface area contributed by atoms with Crippen LogP contribution in [0.5, 0.6) is 0 Å². The van der Waals surface area contributed by atoms with Gasteiger partial charge in [-0.1, -0.05) is 49.9 Å². The minimum Gasteiger partial charge on any atom is -0.393 e. The first-order valence-electron chi connectivity index (χ1n) is 5.52. The number of hydrogen-bond donors (Lipinski definition) is 1. The third-order valence-corrected chi connectivity index (χ3v) is 2.49. The highest BCUT2D eigenvalue weighted by molar-refractivity contribution is 6.51. The van der Waals surface area contributed by atoms with Crippen LogP contribution in [0.15, 0.2) is 24.3 Å². The molecular weight excluding hydrogens is 171 g/mol. The Bertz CT molecular complexity index is 273. The Morgan fingerprint density at radius 2 is 2.21 bits per heavy atom. The molecule has 0 heterocycles. The van der Waals surface area contributed by atoms with Gasteiger partial charge in [-0.3, -0.25) is 0 Å². The van der Waals surface area contributed by atoms with Crippen molar-refractivity contribution in [2.45, 2.75) is 39.1 Å². The second kappa shape index (κ2) is 5.87. The van der Waals surface area contributed by atoms with E-state index in [1.165, 1.54) is 11.0 Å². The summed E-state index contributed by atoms with van der Waals surface area (Å²) in [7, 11) is 1.07. The standard InChI is InChI=1S/C12H19BO/c1-3-5-12(14)9-10-6-4-7-11(8-10)13-2/h4,6-8,12-14H,3,5,9H2,1-2H3/t12-/m0/s1. The number of rotatable bonds is 5. The number of aliphatic hydroxyl groups is 1. The SMILES string of the molecule is CBc1cccc(C[C@@H](O)CCC)c1. The molecule has 0 aromatic heterocycles. The van der Waals surface area contributed by atoms with Crippen LogP contribution in [0.3, 0.4) is 0 Å². The molecule has 1 rings (SSSR count). The summed E-state index contributed by atoms with van der Waals surface area (Å²) >= 11 is 0. The molecule has 0 aliphatic carbocycles. The monoisotopic (exact) mass is 190 g/mol. The molecule has 1 N–H and O–H groups in total. The van der Waals surface area contributed by atoms with Gasteiger partial charge in [0.05, 0.1) is 6.10 Å². The van der Waals surface area contributed by atoms with E-state index in [-0.39, 0.29) is 6.10 Å². The van der Waals surface area contributed by atoms with Gasteiger partial charge < -0.3 is 5.11 Å². The maximum atomic E-state index is 9.67. The summed E-state index contributed by atoms with van der Waals surface area (Å²) in [4.78, 5) is 0. The molecule has 1 nitrogen and oxygen atoms in total.